The second-order valence-electron chi connectivity index (χ2n) is 22.5. The van der Waals surface area contributed by atoms with Crippen molar-refractivity contribution >= 4 is 47.3 Å². The molecule has 3 heterocycles. The molecule has 452 valence electrons. The van der Waals surface area contributed by atoms with Gasteiger partial charge in [0.2, 0.25) is 47.3 Å². The molecule has 1 aromatic rings. The van der Waals surface area contributed by atoms with Crippen LogP contribution in [0.1, 0.15) is 149 Å². The van der Waals surface area contributed by atoms with Gasteiger partial charge in [0.15, 0.2) is 0 Å². The number of β-amino-alcohol motifs (C(OH)–C–C–N with tert-alkyl or cyclic N) is 1. The van der Waals surface area contributed by atoms with Crippen molar-refractivity contribution in [3.8, 4) is 5.75 Å². The molecule has 3 fully saturated rings. The summed E-state index contributed by atoms with van der Waals surface area (Å²) in [4.78, 5) is 115. The van der Waals surface area contributed by atoms with E-state index in [1.807, 2.05) is 0 Å². The Morgan fingerprint density at radius 3 is 2.00 bits per heavy atom. The molecule has 15 N–H and O–H groups in total. The topological polar surface area (TPSA) is 383 Å². The summed E-state index contributed by atoms with van der Waals surface area (Å²) < 4.78 is 0. The number of fused-ring (bicyclic) bond motifs is 2. The van der Waals surface area contributed by atoms with E-state index < -0.39 is 152 Å². The third-order valence-electron chi connectivity index (χ3n) is 15.5. The van der Waals surface area contributed by atoms with Crippen molar-refractivity contribution in [3.63, 3.8) is 0 Å². The van der Waals surface area contributed by atoms with Crippen molar-refractivity contribution in [2.24, 2.45) is 17.6 Å². The van der Waals surface area contributed by atoms with Crippen LogP contribution in [0.5, 0.6) is 5.75 Å². The fraction of sp³-hybridized carbons (Fsp3) is 0.750. The van der Waals surface area contributed by atoms with Gasteiger partial charge < -0.3 is 83.2 Å². The number of hydrogen-bond acceptors (Lipinski definition) is 16. The molecule has 0 spiro atoms. The molecule has 0 aliphatic carbocycles. The van der Waals surface area contributed by atoms with E-state index in [2.05, 4.69) is 52.7 Å². The SMILES string of the molecule is CCC(C)CC(C)CCCCCCCCC(=O)N[C@H]1C[C@@H](O)CNC(=O)[C@@H]2[C@@H](O)CCN2C(=O)[C@H]([C@H](O)CC(=O)NCCCCCCN)NC(=O)[C@H]([C@H](O)Cc2ccc(O)cc2)NC(=O)[C@@H]2C[C@@H](O)CN2C(=O)[C@H]([C@@H](C)O)NC1=O. The van der Waals surface area contributed by atoms with E-state index >= 15 is 0 Å². The van der Waals surface area contributed by atoms with Crippen LogP contribution in [0, 0.1) is 11.8 Å². The molecule has 3 aliphatic heterocycles. The number of carbonyl (C=O) groups is 8. The molecule has 2 unspecified atom stereocenters. The van der Waals surface area contributed by atoms with Crippen molar-refractivity contribution in [3.05, 3.63) is 29.8 Å². The third kappa shape index (κ3) is 21.4. The van der Waals surface area contributed by atoms with Gasteiger partial charge in [-0.1, -0.05) is 90.7 Å². The van der Waals surface area contributed by atoms with Crippen LogP contribution in [0.4, 0.5) is 0 Å². The highest BCUT2D eigenvalue weighted by molar-refractivity contribution is 5.98. The molecule has 0 saturated carbocycles. The van der Waals surface area contributed by atoms with E-state index in [1.165, 1.54) is 37.6 Å². The van der Waals surface area contributed by atoms with Crippen LogP contribution in [0.3, 0.4) is 0 Å². The highest BCUT2D eigenvalue weighted by atomic mass is 16.3. The van der Waals surface area contributed by atoms with E-state index in [9.17, 15) is 74.1 Å². The first kappa shape index (κ1) is 67.0. The zero-order valence-corrected chi connectivity index (χ0v) is 47.2. The summed E-state index contributed by atoms with van der Waals surface area (Å²) in [5, 5.41) is 92.9. The second kappa shape index (κ2) is 34.1. The van der Waals surface area contributed by atoms with E-state index in [0.29, 0.717) is 36.8 Å². The molecule has 3 saturated heterocycles. The summed E-state index contributed by atoms with van der Waals surface area (Å²) in [7, 11) is 0. The first-order chi connectivity index (χ1) is 38.0. The van der Waals surface area contributed by atoms with E-state index in [0.717, 1.165) is 74.0 Å². The van der Waals surface area contributed by atoms with Crippen LogP contribution in [0.25, 0.3) is 0 Å². The number of hydrogen-bond donors (Lipinski definition) is 14. The van der Waals surface area contributed by atoms with E-state index in [1.54, 1.807) is 0 Å². The van der Waals surface area contributed by atoms with Crippen molar-refractivity contribution in [1.29, 1.82) is 0 Å². The number of aromatic hydroxyl groups is 1. The van der Waals surface area contributed by atoms with E-state index in [4.69, 9.17) is 5.73 Å². The molecule has 80 heavy (non-hydrogen) atoms. The Morgan fingerprint density at radius 1 is 0.700 bits per heavy atom. The fourth-order valence-corrected chi connectivity index (χ4v) is 10.7. The maximum absolute atomic E-state index is 14.7. The molecule has 3 aliphatic rings. The molecule has 1 aromatic carbocycles. The van der Waals surface area contributed by atoms with Gasteiger partial charge in [0.1, 0.15) is 42.0 Å². The minimum Gasteiger partial charge on any atom is -0.508 e. The van der Waals surface area contributed by atoms with Crippen molar-refractivity contribution in [2.45, 2.75) is 223 Å². The Hall–Kier alpha value is -5.50. The largest absolute Gasteiger partial charge is 0.508 e. The first-order valence-corrected chi connectivity index (χ1v) is 29.0. The number of nitrogens with zero attached hydrogens (tertiary/aromatic N) is 2. The molecule has 4 rings (SSSR count). The van der Waals surface area contributed by atoms with Crippen LogP contribution in [-0.4, -0.2) is 198 Å². The molecule has 24 nitrogen and oxygen atoms in total. The van der Waals surface area contributed by atoms with Crippen molar-refractivity contribution in [1.82, 2.24) is 41.7 Å². The normalized spacial score (nSPS) is 26.6. The number of nitrogens with one attached hydrogen (secondary N) is 6. The lowest BCUT2D eigenvalue weighted by atomic mass is 9.91. The first-order valence-electron chi connectivity index (χ1n) is 29.0. The van der Waals surface area contributed by atoms with Gasteiger partial charge in [-0.2, -0.15) is 0 Å². The number of aliphatic hydroxyl groups excluding tert-OH is 6. The van der Waals surface area contributed by atoms with Crippen LogP contribution >= 0.6 is 0 Å². The molecule has 8 amide bonds. The summed E-state index contributed by atoms with van der Waals surface area (Å²) in [5.74, 6) is -6.70. The zero-order valence-electron chi connectivity index (χ0n) is 47.2. The summed E-state index contributed by atoms with van der Waals surface area (Å²) in [6, 6.07) is -5.32. The number of nitrogens with two attached hydrogens (primary N) is 1. The Morgan fingerprint density at radius 2 is 1.32 bits per heavy atom. The molecule has 24 heteroatoms. The molecular formula is C56H93N9O15. The Balaban J connectivity index is 1.66. The summed E-state index contributed by atoms with van der Waals surface area (Å²) in [6.07, 6.45) is -0.574. The minimum absolute atomic E-state index is 0.00514. The van der Waals surface area contributed by atoms with Gasteiger partial charge in [-0.3, -0.25) is 38.4 Å². The van der Waals surface area contributed by atoms with E-state index in [-0.39, 0.29) is 38.1 Å². The van der Waals surface area contributed by atoms with Crippen molar-refractivity contribution in [2.75, 3.05) is 32.7 Å². The van der Waals surface area contributed by atoms with Crippen LogP contribution in [-0.2, 0) is 44.8 Å². The van der Waals surface area contributed by atoms with Crippen molar-refractivity contribution < 1.29 is 74.1 Å². The van der Waals surface area contributed by atoms with Crippen LogP contribution in [0.2, 0.25) is 0 Å². The lowest BCUT2D eigenvalue weighted by molar-refractivity contribution is -0.147. The minimum atomic E-state index is -2.07. The Kier molecular flexibility index (Phi) is 28.5. The van der Waals surface area contributed by atoms with Gasteiger partial charge in [-0.25, -0.2) is 0 Å². The average molecular weight is 1130 g/mol. The second-order valence-corrected chi connectivity index (χ2v) is 22.5. The number of phenolic OH excluding ortho intramolecular Hbond substituents is 1. The van der Waals surface area contributed by atoms with Gasteiger partial charge >= 0.3 is 0 Å². The highest BCUT2D eigenvalue weighted by Gasteiger charge is 2.48. The number of aliphatic hydroxyl groups is 6. The summed E-state index contributed by atoms with van der Waals surface area (Å²) in [5.41, 5.74) is 5.93. The smallest absolute Gasteiger partial charge is 0.248 e. The predicted octanol–water partition coefficient (Wildman–Crippen LogP) is -1.00. The number of amides is 8. The fourth-order valence-electron chi connectivity index (χ4n) is 10.7. The zero-order chi connectivity index (χ0) is 59.1. The monoisotopic (exact) mass is 1130 g/mol. The molecule has 0 bridgehead atoms. The molecule has 0 aromatic heterocycles. The number of phenols is 1. The molecular weight excluding hydrogens is 1040 g/mol. The number of carbonyl (C=O) groups excluding carboxylic acids is 8. The lowest BCUT2D eigenvalue weighted by Crippen LogP contribution is -2.64. The maximum atomic E-state index is 14.7. The van der Waals surface area contributed by atoms with Gasteiger partial charge in [0, 0.05) is 51.9 Å². The molecule has 14 atom stereocenters. The number of rotatable bonds is 26. The maximum Gasteiger partial charge on any atom is 0.248 e. The van der Waals surface area contributed by atoms with Gasteiger partial charge in [-0.15, -0.1) is 0 Å². The van der Waals surface area contributed by atoms with Gasteiger partial charge in [0.05, 0.1) is 43.0 Å². The Bertz CT molecular complexity index is 2160. The number of unbranched alkanes of at least 4 members (excludes halogenated alkanes) is 8. The summed E-state index contributed by atoms with van der Waals surface area (Å²) in [6.45, 7) is 7.23. The Labute approximate surface area is 470 Å². The van der Waals surface area contributed by atoms with Crippen LogP contribution in [0.15, 0.2) is 24.3 Å². The van der Waals surface area contributed by atoms with Gasteiger partial charge in [-0.05, 0) is 75.1 Å². The third-order valence-corrected chi connectivity index (χ3v) is 15.5. The molecule has 0 radical (unpaired) electrons. The standard InChI is InChI=1S/C56H93N9O15/c1-5-33(2)26-34(3)16-12-8-6-7-9-13-17-45(73)60-40-28-38(68)31-59-54(78)50-42(70)22-25-64(50)56(80)49(44(72)30-46(74)58-24-15-11-10-14-23-57)63-53(77)48(43(71)27-36-18-20-37(67)21-19-36)62-52(76)41-29-39(69)32-65(41)55(79)47(35(4)66)61-51(40)75/h18-21,33-35,38-44,47-50,66-72H,5-17,22-32,57H2,1-4H3,(H,58,74)(H,59,78)(H,60,73)(H,61,75)(H,62,76)(H,63,77)/t33?,34?,35-,38-,39-,40+,41+,42+,43-,44-,47+,48+,49+,50+/m1/s1. The highest BCUT2D eigenvalue weighted by Crippen LogP contribution is 2.25. The average Bonchev–Trinajstić information content (AvgIpc) is 4.06. The lowest BCUT2D eigenvalue weighted by Gasteiger charge is -2.34. The predicted molar refractivity (Wildman–Crippen MR) is 294 cm³/mol. The van der Waals surface area contributed by atoms with Crippen LogP contribution < -0.4 is 37.6 Å². The number of benzene rings is 1. The van der Waals surface area contributed by atoms with Gasteiger partial charge in [0.25, 0.3) is 0 Å². The summed E-state index contributed by atoms with van der Waals surface area (Å²) >= 11 is 0. The quantitative estimate of drug-likeness (QED) is 0.0495.